The first kappa shape index (κ1) is 19.3. The van der Waals surface area contributed by atoms with Crippen LogP contribution in [0.25, 0.3) is 0 Å². The number of aliphatic hydroxyl groups is 1. The lowest BCUT2D eigenvalue weighted by atomic mass is 9.92. The minimum Gasteiger partial charge on any atom is -0.507 e. The minimum atomic E-state index is -0.790. The summed E-state index contributed by atoms with van der Waals surface area (Å²) in [5.74, 6) is -2.44. The zero-order valence-electron chi connectivity index (χ0n) is 14.2. The van der Waals surface area contributed by atoms with Gasteiger partial charge in [0.2, 0.25) is 0 Å². The van der Waals surface area contributed by atoms with Crippen molar-refractivity contribution < 1.29 is 29.6 Å². The molecule has 0 aliphatic carbocycles. The van der Waals surface area contributed by atoms with Gasteiger partial charge in [0, 0.05) is 17.5 Å². The van der Waals surface area contributed by atoms with Crippen LogP contribution in [0.3, 0.4) is 0 Å². The molecule has 3 atom stereocenters. The largest absolute Gasteiger partial charge is 0.507 e. The Balaban J connectivity index is 2.62. The number of benzene rings is 1. The van der Waals surface area contributed by atoms with Gasteiger partial charge in [-0.2, -0.15) is 0 Å². The second-order valence-electron chi connectivity index (χ2n) is 6.33. The number of Topliss-reactive ketones (excluding diaryl/α,β-unsaturated/α-hetero) is 1. The van der Waals surface area contributed by atoms with Crippen LogP contribution in [0.4, 0.5) is 0 Å². The predicted molar refractivity (Wildman–Crippen MR) is 91.9 cm³/mol. The average Bonchev–Trinajstić information content (AvgIpc) is 2.54. The highest BCUT2D eigenvalue weighted by atomic mass is 35.5. The molecule has 0 amide bonds. The molecule has 0 saturated carbocycles. The first-order valence-corrected chi connectivity index (χ1v) is 8.33. The van der Waals surface area contributed by atoms with Gasteiger partial charge in [-0.25, -0.2) is 0 Å². The van der Waals surface area contributed by atoms with E-state index in [1.165, 1.54) is 0 Å². The minimum absolute atomic E-state index is 0.0166. The molecule has 0 radical (unpaired) electrons. The molecule has 1 aliphatic heterocycles. The maximum absolute atomic E-state index is 12.7. The van der Waals surface area contributed by atoms with E-state index in [1.807, 2.05) is 0 Å². The van der Waals surface area contributed by atoms with Crippen LogP contribution in [0, 0.1) is 5.92 Å². The zero-order chi connectivity index (χ0) is 18.9. The van der Waals surface area contributed by atoms with E-state index in [4.69, 9.17) is 16.3 Å². The topological polar surface area (TPSA) is 104 Å². The molecule has 25 heavy (non-hydrogen) atoms. The summed E-state index contributed by atoms with van der Waals surface area (Å²) in [5.41, 5.74) is 0.165. The van der Waals surface area contributed by atoms with Gasteiger partial charge in [-0.15, -0.1) is 0 Å². The van der Waals surface area contributed by atoms with Crippen molar-refractivity contribution in [3.05, 3.63) is 33.9 Å². The number of esters is 1. The van der Waals surface area contributed by atoms with Gasteiger partial charge in [0.05, 0.1) is 23.1 Å². The SMILES string of the molecule is C/C1=C\C[C@@H](O)[C@H](C)[C@@H](C)OC(=O)Cc2c(Cl)c(O)cc(O)c2C1=O. The Bertz CT molecular complexity index is 740. The van der Waals surface area contributed by atoms with Crippen molar-refractivity contribution in [2.24, 2.45) is 5.92 Å². The van der Waals surface area contributed by atoms with Crippen LogP contribution in [-0.2, 0) is 16.0 Å². The number of allylic oxidation sites excluding steroid dienone is 1. The first-order valence-electron chi connectivity index (χ1n) is 7.95. The molecule has 3 N–H and O–H groups in total. The number of fused-ring (bicyclic) bond motifs is 1. The summed E-state index contributed by atoms with van der Waals surface area (Å²) < 4.78 is 5.31. The number of carbonyl (C=O) groups is 2. The fourth-order valence-electron chi connectivity index (χ4n) is 2.72. The molecule has 1 aromatic carbocycles. The van der Waals surface area contributed by atoms with Gasteiger partial charge in [-0.3, -0.25) is 9.59 Å². The van der Waals surface area contributed by atoms with Crippen molar-refractivity contribution in [3.63, 3.8) is 0 Å². The molecule has 0 spiro atoms. The third-order valence-electron chi connectivity index (χ3n) is 4.56. The number of phenolic OH excluding ortho intramolecular Hbond substituents is 2. The number of hydrogen-bond donors (Lipinski definition) is 3. The molecule has 2 rings (SSSR count). The molecule has 7 heteroatoms. The number of rotatable bonds is 0. The molecule has 6 nitrogen and oxygen atoms in total. The molecular formula is C18H21ClO6. The maximum atomic E-state index is 12.7. The van der Waals surface area contributed by atoms with E-state index in [0.717, 1.165) is 6.07 Å². The number of hydrogen-bond acceptors (Lipinski definition) is 6. The summed E-state index contributed by atoms with van der Waals surface area (Å²) in [6.45, 7) is 4.97. The van der Waals surface area contributed by atoms with E-state index >= 15 is 0 Å². The fraction of sp³-hybridized carbons (Fsp3) is 0.444. The zero-order valence-corrected chi connectivity index (χ0v) is 15.0. The number of aliphatic hydroxyl groups excluding tert-OH is 1. The third-order valence-corrected chi connectivity index (χ3v) is 4.98. The van der Waals surface area contributed by atoms with Crippen molar-refractivity contribution in [2.45, 2.75) is 45.8 Å². The second kappa shape index (κ2) is 7.45. The normalized spacial score (nSPS) is 27.4. The number of carbonyl (C=O) groups excluding carboxylic acids is 2. The molecule has 0 unspecified atom stereocenters. The summed E-state index contributed by atoms with van der Waals surface area (Å²) in [5, 5.41) is 30.0. The highest BCUT2D eigenvalue weighted by Gasteiger charge is 2.29. The standard InChI is InChI=1S/C18H21ClO6/c1-8-4-5-12(20)9(2)10(3)25-15(23)6-11-16(18(8)24)13(21)7-14(22)17(11)19/h4,7,9-10,12,20-22H,5-6H2,1-3H3/b8-4+/t9-,10-,12-/m1/s1. The third kappa shape index (κ3) is 3.96. The quantitative estimate of drug-likeness (QED) is 0.608. The van der Waals surface area contributed by atoms with E-state index in [-0.39, 0.29) is 34.9 Å². The number of ether oxygens (including phenoxy) is 1. The highest BCUT2D eigenvalue weighted by molar-refractivity contribution is 6.34. The van der Waals surface area contributed by atoms with E-state index < -0.39 is 35.5 Å². The molecule has 0 bridgehead atoms. The van der Waals surface area contributed by atoms with Crippen molar-refractivity contribution in [1.82, 2.24) is 0 Å². The molecule has 0 saturated heterocycles. The summed E-state index contributed by atoms with van der Waals surface area (Å²) >= 11 is 6.06. The Hall–Kier alpha value is -2.05. The summed E-state index contributed by atoms with van der Waals surface area (Å²) in [6.07, 6.45) is 0.0370. The van der Waals surface area contributed by atoms with E-state index in [9.17, 15) is 24.9 Å². The van der Waals surface area contributed by atoms with Gasteiger partial charge in [-0.05, 0) is 25.8 Å². The lowest BCUT2D eigenvalue weighted by Gasteiger charge is -2.25. The Morgan fingerprint density at radius 1 is 1.20 bits per heavy atom. The number of halogens is 1. The Kier molecular flexibility index (Phi) is 5.75. The summed E-state index contributed by atoms with van der Waals surface area (Å²) in [4.78, 5) is 24.9. The van der Waals surface area contributed by atoms with Gasteiger partial charge in [0.1, 0.15) is 17.6 Å². The van der Waals surface area contributed by atoms with Crippen LogP contribution in [0.5, 0.6) is 11.5 Å². The molecule has 136 valence electrons. The van der Waals surface area contributed by atoms with Crippen molar-refractivity contribution >= 4 is 23.4 Å². The van der Waals surface area contributed by atoms with Crippen molar-refractivity contribution in [3.8, 4) is 11.5 Å². The van der Waals surface area contributed by atoms with Crippen LogP contribution in [0.15, 0.2) is 17.7 Å². The monoisotopic (exact) mass is 368 g/mol. The Morgan fingerprint density at radius 3 is 2.48 bits per heavy atom. The second-order valence-corrected chi connectivity index (χ2v) is 6.71. The van der Waals surface area contributed by atoms with Crippen molar-refractivity contribution in [2.75, 3.05) is 0 Å². The fourth-order valence-corrected chi connectivity index (χ4v) is 2.93. The number of cyclic esters (lactones) is 1. The molecule has 1 aromatic rings. The number of ketones is 1. The van der Waals surface area contributed by atoms with E-state index in [1.54, 1.807) is 26.8 Å². The van der Waals surface area contributed by atoms with Gasteiger partial charge in [0.25, 0.3) is 0 Å². The Labute approximate surface area is 150 Å². The van der Waals surface area contributed by atoms with Gasteiger partial charge in [0.15, 0.2) is 5.78 Å². The Morgan fingerprint density at radius 2 is 1.84 bits per heavy atom. The van der Waals surface area contributed by atoms with Crippen LogP contribution in [0.2, 0.25) is 5.02 Å². The van der Waals surface area contributed by atoms with Crippen LogP contribution < -0.4 is 0 Å². The van der Waals surface area contributed by atoms with Gasteiger partial charge < -0.3 is 20.1 Å². The first-order chi connectivity index (χ1) is 11.6. The lowest BCUT2D eigenvalue weighted by molar-refractivity contribution is -0.151. The molecule has 1 aliphatic rings. The predicted octanol–water partition coefficient (Wildman–Crippen LogP) is 2.76. The smallest absolute Gasteiger partial charge is 0.310 e. The molecule has 1 heterocycles. The van der Waals surface area contributed by atoms with Crippen molar-refractivity contribution in [1.29, 1.82) is 0 Å². The summed E-state index contributed by atoms with van der Waals surface area (Å²) in [7, 11) is 0. The summed E-state index contributed by atoms with van der Waals surface area (Å²) in [6, 6.07) is 0.961. The highest BCUT2D eigenvalue weighted by Crippen LogP contribution is 2.38. The van der Waals surface area contributed by atoms with Gasteiger partial charge in [-0.1, -0.05) is 24.6 Å². The lowest BCUT2D eigenvalue weighted by Crippen LogP contribution is -2.32. The number of aromatic hydroxyl groups is 2. The molecule has 0 fully saturated rings. The maximum Gasteiger partial charge on any atom is 0.310 e. The van der Waals surface area contributed by atoms with Crippen LogP contribution in [0.1, 0.15) is 43.1 Å². The molecule has 0 aromatic heterocycles. The van der Waals surface area contributed by atoms with Crippen LogP contribution >= 0.6 is 11.6 Å². The molecular weight excluding hydrogens is 348 g/mol. The van der Waals surface area contributed by atoms with Crippen LogP contribution in [-0.4, -0.2) is 39.3 Å². The van der Waals surface area contributed by atoms with Gasteiger partial charge >= 0.3 is 5.97 Å². The van der Waals surface area contributed by atoms with E-state index in [2.05, 4.69) is 0 Å². The average molecular weight is 369 g/mol. The van der Waals surface area contributed by atoms with E-state index in [0.29, 0.717) is 5.57 Å². The number of phenols is 2.